The van der Waals surface area contributed by atoms with E-state index in [1.54, 1.807) is 31.2 Å². The second-order valence-corrected chi connectivity index (χ2v) is 8.08. The minimum absolute atomic E-state index is 0.00372. The zero-order valence-corrected chi connectivity index (χ0v) is 19.3. The van der Waals surface area contributed by atoms with Crippen LogP contribution in [0.2, 0.25) is 10.0 Å². The Balaban J connectivity index is 2.24. The van der Waals surface area contributed by atoms with Gasteiger partial charge in [-0.25, -0.2) is 0 Å². The van der Waals surface area contributed by atoms with Gasteiger partial charge in [-0.3, -0.25) is 9.59 Å². The molecule has 2 atom stereocenters. The molecule has 0 aliphatic rings. The molecule has 0 saturated heterocycles. The lowest BCUT2D eigenvalue weighted by atomic mass is 10.1. The van der Waals surface area contributed by atoms with Crippen LogP contribution in [0.15, 0.2) is 42.5 Å². The number of rotatable bonds is 9. The van der Waals surface area contributed by atoms with Gasteiger partial charge in [0.15, 0.2) is 6.61 Å². The van der Waals surface area contributed by atoms with Crippen molar-refractivity contribution in [1.82, 2.24) is 10.2 Å². The third kappa shape index (κ3) is 6.38. The first kappa shape index (κ1) is 24.0. The van der Waals surface area contributed by atoms with Crippen LogP contribution in [0.5, 0.6) is 5.75 Å². The third-order valence-corrected chi connectivity index (χ3v) is 5.71. The maximum atomic E-state index is 13.1. The summed E-state index contributed by atoms with van der Waals surface area (Å²) in [6.07, 6.45) is 0.791. The molecule has 2 amide bonds. The van der Waals surface area contributed by atoms with Gasteiger partial charge in [0.2, 0.25) is 5.91 Å². The zero-order chi connectivity index (χ0) is 22.3. The zero-order valence-electron chi connectivity index (χ0n) is 17.7. The minimum Gasteiger partial charge on any atom is -0.484 e. The highest BCUT2D eigenvalue weighted by atomic mass is 35.5. The van der Waals surface area contributed by atoms with Crippen molar-refractivity contribution < 1.29 is 14.3 Å². The van der Waals surface area contributed by atoms with Crippen LogP contribution in [-0.4, -0.2) is 35.4 Å². The van der Waals surface area contributed by atoms with E-state index >= 15 is 0 Å². The predicted molar refractivity (Wildman–Crippen MR) is 121 cm³/mol. The fraction of sp³-hybridized carbons (Fsp3) is 0.391. The normalized spacial score (nSPS) is 12.7. The molecule has 5 nitrogen and oxygen atoms in total. The van der Waals surface area contributed by atoms with E-state index in [1.165, 1.54) is 4.90 Å². The Bertz CT molecular complexity index is 868. The average Bonchev–Trinajstić information content (AvgIpc) is 2.72. The Hall–Kier alpha value is -2.24. The molecule has 0 radical (unpaired) electrons. The molecule has 0 saturated carbocycles. The lowest BCUT2D eigenvalue weighted by molar-refractivity contribution is -0.142. The molecule has 1 N–H and O–H groups in total. The van der Waals surface area contributed by atoms with E-state index in [1.807, 2.05) is 39.0 Å². The monoisotopic (exact) mass is 450 g/mol. The van der Waals surface area contributed by atoms with Crippen LogP contribution >= 0.6 is 23.2 Å². The molecule has 0 heterocycles. The highest BCUT2D eigenvalue weighted by Gasteiger charge is 2.28. The van der Waals surface area contributed by atoms with Gasteiger partial charge < -0.3 is 15.0 Å². The molecule has 0 bridgehead atoms. The van der Waals surface area contributed by atoms with Crippen molar-refractivity contribution in [3.8, 4) is 5.75 Å². The van der Waals surface area contributed by atoms with E-state index in [9.17, 15) is 9.59 Å². The lowest BCUT2D eigenvalue weighted by Gasteiger charge is -2.30. The van der Waals surface area contributed by atoms with Crippen molar-refractivity contribution in [2.75, 3.05) is 6.61 Å². The molecule has 0 spiro atoms. The standard InChI is InChI=1S/C23H28Cl2N2O3/c1-5-16(3)26-23(29)17(4)27(13-18-19(24)10-8-11-20(18)25)22(28)14-30-21-12-7-6-9-15(21)2/h6-12,16-17H,5,13-14H2,1-4H3,(H,26,29)/t16-,17-/m0/s1. The molecule has 2 aromatic carbocycles. The van der Waals surface area contributed by atoms with Crippen molar-refractivity contribution in [3.05, 3.63) is 63.6 Å². The van der Waals surface area contributed by atoms with Crippen molar-refractivity contribution in [2.45, 2.75) is 52.7 Å². The average molecular weight is 451 g/mol. The van der Waals surface area contributed by atoms with Gasteiger partial charge >= 0.3 is 0 Å². The molecule has 0 aromatic heterocycles. The van der Waals surface area contributed by atoms with Gasteiger partial charge in [0, 0.05) is 28.2 Å². The summed E-state index contributed by atoms with van der Waals surface area (Å²) in [5.41, 5.74) is 1.52. The van der Waals surface area contributed by atoms with Gasteiger partial charge in [-0.05, 0) is 51.0 Å². The minimum atomic E-state index is -0.723. The van der Waals surface area contributed by atoms with E-state index in [0.29, 0.717) is 21.4 Å². The summed E-state index contributed by atoms with van der Waals surface area (Å²) < 4.78 is 5.72. The first-order chi connectivity index (χ1) is 14.2. The fourth-order valence-corrected chi connectivity index (χ4v) is 3.36. The van der Waals surface area contributed by atoms with Gasteiger partial charge in [0.25, 0.3) is 5.91 Å². The number of aryl methyl sites for hydroxylation is 1. The number of nitrogens with one attached hydrogen (secondary N) is 1. The maximum Gasteiger partial charge on any atom is 0.261 e. The number of ether oxygens (including phenoxy) is 1. The topological polar surface area (TPSA) is 58.6 Å². The molecule has 2 aromatic rings. The Morgan fingerprint density at radius 1 is 1.07 bits per heavy atom. The molecule has 30 heavy (non-hydrogen) atoms. The van der Waals surface area contributed by atoms with Crippen LogP contribution < -0.4 is 10.1 Å². The Kier molecular flexibility index (Phi) is 9.00. The number of benzene rings is 2. The third-order valence-electron chi connectivity index (χ3n) is 5.00. The van der Waals surface area contributed by atoms with Crippen molar-refractivity contribution in [3.63, 3.8) is 0 Å². The van der Waals surface area contributed by atoms with Crippen LogP contribution in [-0.2, 0) is 16.1 Å². The largest absolute Gasteiger partial charge is 0.484 e. The first-order valence-corrected chi connectivity index (χ1v) is 10.7. The second-order valence-electron chi connectivity index (χ2n) is 7.27. The van der Waals surface area contributed by atoms with Crippen LogP contribution in [0.1, 0.15) is 38.3 Å². The van der Waals surface area contributed by atoms with Gasteiger partial charge in [0.1, 0.15) is 11.8 Å². The fourth-order valence-electron chi connectivity index (χ4n) is 2.84. The number of halogens is 2. The molecule has 2 rings (SSSR count). The number of carbonyl (C=O) groups excluding carboxylic acids is 2. The summed E-state index contributed by atoms with van der Waals surface area (Å²) in [6, 6.07) is 11.9. The Morgan fingerprint density at radius 2 is 1.70 bits per heavy atom. The van der Waals surface area contributed by atoms with Crippen LogP contribution in [0.4, 0.5) is 0 Å². The summed E-state index contributed by atoms with van der Waals surface area (Å²) in [5, 5.41) is 3.80. The van der Waals surface area contributed by atoms with Crippen molar-refractivity contribution in [1.29, 1.82) is 0 Å². The summed E-state index contributed by atoms with van der Waals surface area (Å²) in [6.45, 7) is 7.40. The van der Waals surface area contributed by atoms with E-state index in [0.717, 1.165) is 12.0 Å². The molecular formula is C23H28Cl2N2O3. The predicted octanol–water partition coefficient (Wildman–Crippen LogP) is 5.01. The number of para-hydroxylation sites is 1. The molecule has 0 aliphatic heterocycles. The summed E-state index contributed by atoms with van der Waals surface area (Å²) >= 11 is 12.6. The van der Waals surface area contributed by atoms with Crippen molar-refractivity contribution in [2.24, 2.45) is 0 Å². The van der Waals surface area contributed by atoms with Crippen LogP contribution in [0, 0.1) is 6.92 Å². The van der Waals surface area contributed by atoms with E-state index in [-0.39, 0.29) is 31.0 Å². The highest BCUT2D eigenvalue weighted by molar-refractivity contribution is 6.36. The summed E-state index contributed by atoms with van der Waals surface area (Å²) in [5.74, 6) is 0.0519. The van der Waals surface area contributed by atoms with Gasteiger partial charge in [-0.1, -0.05) is 54.4 Å². The van der Waals surface area contributed by atoms with Crippen molar-refractivity contribution >= 4 is 35.0 Å². The molecule has 162 valence electrons. The number of carbonyl (C=O) groups is 2. The van der Waals surface area contributed by atoms with Crippen LogP contribution in [0.3, 0.4) is 0 Å². The molecule has 0 unspecified atom stereocenters. The molecule has 7 heteroatoms. The Morgan fingerprint density at radius 3 is 2.30 bits per heavy atom. The molecular weight excluding hydrogens is 423 g/mol. The van der Waals surface area contributed by atoms with Crippen LogP contribution in [0.25, 0.3) is 0 Å². The molecule has 0 fully saturated rings. The number of nitrogens with zero attached hydrogens (tertiary/aromatic N) is 1. The molecule has 0 aliphatic carbocycles. The SMILES string of the molecule is CC[C@H](C)NC(=O)[C@H](C)N(Cc1c(Cl)cccc1Cl)C(=O)COc1ccccc1C. The number of amides is 2. The van der Waals surface area contributed by atoms with E-state index < -0.39 is 6.04 Å². The summed E-state index contributed by atoms with van der Waals surface area (Å²) in [4.78, 5) is 27.3. The smallest absolute Gasteiger partial charge is 0.261 e. The van der Waals surface area contributed by atoms with Gasteiger partial charge in [-0.15, -0.1) is 0 Å². The second kappa shape index (κ2) is 11.2. The maximum absolute atomic E-state index is 13.1. The van der Waals surface area contributed by atoms with E-state index in [4.69, 9.17) is 27.9 Å². The van der Waals surface area contributed by atoms with Gasteiger partial charge in [-0.2, -0.15) is 0 Å². The highest BCUT2D eigenvalue weighted by Crippen LogP contribution is 2.27. The number of hydrogen-bond donors (Lipinski definition) is 1. The summed E-state index contributed by atoms with van der Waals surface area (Å²) in [7, 11) is 0. The first-order valence-electron chi connectivity index (χ1n) is 9.95. The lowest BCUT2D eigenvalue weighted by Crippen LogP contribution is -2.50. The van der Waals surface area contributed by atoms with Gasteiger partial charge in [0.05, 0.1) is 0 Å². The number of hydrogen-bond acceptors (Lipinski definition) is 3. The van der Waals surface area contributed by atoms with E-state index in [2.05, 4.69) is 5.32 Å². The Labute approximate surface area is 188 Å². The quantitative estimate of drug-likeness (QED) is 0.583.